The lowest BCUT2D eigenvalue weighted by atomic mass is 9.76. The molecule has 26 heavy (non-hydrogen) atoms. The summed E-state index contributed by atoms with van der Waals surface area (Å²) < 4.78 is 19.2. The number of hydrogen-bond acceptors (Lipinski definition) is 4. The second-order valence-electron chi connectivity index (χ2n) is 7.05. The quantitative estimate of drug-likeness (QED) is 0.338. The number of rotatable bonds is 6. The first-order valence-electron chi connectivity index (χ1n) is 8.67. The molecule has 1 aliphatic rings. The van der Waals surface area contributed by atoms with Crippen LogP contribution in [0, 0.1) is 5.92 Å². The third-order valence-corrected chi connectivity index (χ3v) is 5.62. The average Bonchev–Trinajstić information content (AvgIpc) is 3.22. The minimum atomic E-state index is -1.34. The highest BCUT2D eigenvalue weighted by molar-refractivity contribution is 7.90. The van der Waals surface area contributed by atoms with Gasteiger partial charge in [0, 0.05) is 30.1 Å². The number of carbonyl (C=O) groups excluding carboxylic acids is 2. The summed E-state index contributed by atoms with van der Waals surface area (Å²) in [4.78, 5) is 27.1. The molecule has 0 saturated heterocycles. The van der Waals surface area contributed by atoms with Gasteiger partial charge in [-0.25, -0.2) is 0 Å². The van der Waals surface area contributed by atoms with E-state index in [2.05, 4.69) is 0 Å². The van der Waals surface area contributed by atoms with Crippen LogP contribution >= 0.6 is 0 Å². The molecule has 0 amide bonds. The van der Waals surface area contributed by atoms with Crippen molar-refractivity contribution in [1.29, 1.82) is 0 Å². The Balaban J connectivity index is 2.04. The highest BCUT2D eigenvalue weighted by atomic mass is 32.2. The Bertz CT molecular complexity index is 827. The zero-order chi connectivity index (χ0) is 18.9. The van der Waals surface area contributed by atoms with Crippen LogP contribution in [0.3, 0.4) is 0 Å². The van der Waals surface area contributed by atoms with Crippen molar-refractivity contribution in [2.24, 2.45) is 5.92 Å². The van der Waals surface area contributed by atoms with Crippen LogP contribution in [0.5, 0.6) is 0 Å². The number of ketones is 1. The molecule has 0 bridgehead atoms. The van der Waals surface area contributed by atoms with E-state index in [1.807, 2.05) is 36.7 Å². The predicted octanol–water partition coefficient (Wildman–Crippen LogP) is 2.95. The standard InChI is InChI=1S/C20H23NO4S/c1-14(2)13-25-19(23)20(9-11-21-10-5-8-17(20)21)18(22)15-6-4-7-16(12-15)26(3)24/h4-8,10,12,14H,9,11,13H2,1-3H3. The van der Waals surface area contributed by atoms with Crippen molar-refractivity contribution < 1.29 is 18.9 Å². The maximum atomic E-state index is 13.5. The average molecular weight is 373 g/mol. The van der Waals surface area contributed by atoms with Gasteiger partial charge in [-0.15, -0.1) is 0 Å². The fraction of sp³-hybridized carbons (Fsp3) is 0.400. The van der Waals surface area contributed by atoms with E-state index in [1.165, 1.54) is 0 Å². The van der Waals surface area contributed by atoms with E-state index in [0.717, 1.165) is 0 Å². The third kappa shape index (κ3) is 3.19. The van der Waals surface area contributed by atoms with Crippen LogP contribution in [0.25, 0.3) is 0 Å². The van der Waals surface area contributed by atoms with Gasteiger partial charge in [-0.1, -0.05) is 26.0 Å². The molecule has 0 fully saturated rings. The van der Waals surface area contributed by atoms with E-state index in [0.29, 0.717) is 29.1 Å². The monoisotopic (exact) mass is 373 g/mol. The van der Waals surface area contributed by atoms with Gasteiger partial charge < -0.3 is 13.9 Å². The first kappa shape index (κ1) is 18.7. The van der Waals surface area contributed by atoms with Crippen molar-refractivity contribution in [3.05, 3.63) is 53.9 Å². The van der Waals surface area contributed by atoms with Gasteiger partial charge in [-0.3, -0.25) is 9.59 Å². The summed E-state index contributed by atoms with van der Waals surface area (Å²) in [6, 6.07) is 10.3. The van der Waals surface area contributed by atoms with Crippen LogP contribution in [0.15, 0.2) is 47.5 Å². The molecule has 5 nitrogen and oxygen atoms in total. The molecule has 0 radical (unpaired) electrons. The molecule has 1 aromatic heterocycles. The molecule has 3 rings (SSSR count). The SMILES string of the molecule is CC(C)COC(=O)C1(C(=O)c2cccc([S+](C)[O-])c2)CCn2cccc21. The highest BCUT2D eigenvalue weighted by Gasteiger charge is 2.53. The van der Waals surface area contributed by atoms with E-state index in [1.54, 1.807) is 30.5 Å². The molecule has 138 valence electrons. The predicted molar refractivity (Wildman–Crippen MR) is 99.6 cm³/mol. The highest BCUT2D eigenvalue weighted by Crippen LogP contribution is 2.40. The number of carbonyl (C=O) groups is 2. The summed E-state index contributed by atoms with van der Waals surface area (Å²) >= 11 is -1.20. The topological polar surface area (TPSA) is 71.4 Å². The van der Waals surface area contributed by atoms with Crippen LogP contribution in [-0.2, 0) is 32.7 Å². The lowest BCUT2D eigenvalue weighted by molar-refractivity contribution is -0.149. The summed E-state index contributed by atoms with van der Waals surface area (Å²) in [5, 5.41) is 0. The first-order valence-corrected chi connectivity index (χ1v) is 10.2. The second-order valence-corrected chi connectivity index (χ2v) is 8.43. The molecular formula is C20H23NO4S. The fourth-order valence-electron chi connectivity index (χ4n) is 3.37. The number of benzene rings is 1. The lowest BCUT2D eigenvalue weighted by Gasteiger charge is -2.26. The van der Waals surface area contributed by atoms with Gasteiger partial charge in [-0.05, 0) is 41.7 Å². The third-order valence-electron chi connectivity index (χ3n) is 4.71. The molecule has 0 N–H and O–H groups in total. The molecule has 1 aliphatic heterocycles. The summed E-state index contributed by atoms with van der Waals surface area (Å²) in [7, 11) is 0. The lowest BCUT2D eigenvalue weighted by Crippen LogP contribution is -2.44. The summed E-state index contributed by atoms with van der Waals surface area (Å²) in [6.45, 7) is 4.77. The maximum absolute atomic E-state index is 13.5. The van der Waals surface area contributed by atoms with Crippen LogP contribution in [-0.4, -0.2) is 33.7 Å². The van der Waals surface area contributed by atoms with E-state index >= 15 is 0 Å². The van der Waals surface area contributed by atoms with Gasteiger partial charge >= 0.3 is 5.97 Å². The summed E-state index contributed by atoms with van der Waals surface area (Å²) in [5.74, 6) is -0.613. The normalized spacial score (nSPS) is 20.0. The minimum absolute atomic E-state index is 0.185. The van der Waals surface area contributed by atoms with Gasteiger partial charge in [0.15, 0.2) is 16.1 Å². The van der Waals surface area contributed by atoms with E-state index in [9.17, 15) is 14.1 Å². The van der Waals surface area contributed by atoms with Crippen LogP contribution in [0.2, 0.25) is 0 Å². The summed E-state index contributed by atoms with van der Waals surface area (Å²) in [6.07, 6.45) is 3.81. The molecule has 2 atom stereocenters. The molecule has 0 saturated carbocycles. The second kappa shape index (κ2) is 7.29. The Morgan fingerprint density at radius 1 is 1.31 bits per heavy atom. The molecule has 2 unspecified atom stereocenters. The molecule has 2 heterocycles. The van der Waals surface area contributed by atoms with Crippen LogP contribution in [0.1, 0.15) is 36.3 Å². The fourth-order valence-corrected chi connectivity index (χ4v) is 3.93. The van der Waals surface area contributed by atoms with Gasteiger partial charge in [0.05, 0.1) is 6.61 Å². The van der Waals surface area contributed by atoms with Gasteiger partial charge in [0.25, 0.3) is 0 Å². The zero-order valence-electron chi connectivity index (χ0n) is 15.2. The number of aromatic nitrogens is 1. The van der Waals surface area contributed by atoms with Crippen molar-refractivity contribution in [1.82, 2.24) is 4.57 Å². The Morgan fingerprint density at radius 2 is 2.08 bits per heavy atom. The van der Waals surface area contributed by atoms with Gasteiger partial charge in [-0.2, -0.15) is 0 Å². The van der Waals surface area contributed by atoms with Crippen molar-refractivity contribution in [3.8, 4) is 0 Å². The number of aryl methyl sites for hydroxylation is 1. The van der Waals surface area contributed by atoms with Crippen molar-refractivity contribution >= 4 is 22.9 Å². The van der Waals surface area contributed by atoms with Gasteiger partial charge in [0.1, 0.15) is 6.26 Å². The van der Waals surface area contributed by atoms with Crippen LogP contribution < -0.4 is 0 Å². The van der Waals surface area contributed by atoms with E-state index in [4.69, 9.17) is 4.74 Å². The first-order chi connectivity index (χ1) is 12.4. The van der Waals surface area contributed by atoms with Crippen molar-refractivity contribution in [2.75, 3.05) is 12.9 Å². The largest absolute Gasteiger partial charge is 0.612 e. The molecule has 2 aromatic rings. The van der Waals surface area contributed by atoms with Crippen molar-refractivity contribution in [2.45, 2.75) is 37.1 Å². The number of nitrogens with zero attached hydrogens (tertiary/aromatic N) is 1. The number of fused-ring (bicyclic) bond motifs is 1. The number of ether oxygens (including phenoxy) is 1. The summed E-state index contributed by atoms with van der Waals surface area (Å²) in [5.41, 5.74) is -0.292. The Labute approximate surface area is 156 Å². The van der Waals surface area contributed by atoms with E-state index < -0.39 is 22.6 Å². The molecule has 1 aromatic carbocycles. The molecule has 6 heteroatoms. The smallest absolute Gasteiger partial charge is 0.326 e. The zero-order valence-corrected chi connectivity index (χ0v) is 16.0. The molecule has 0 spiro atoms. The Kier molecular flexibility index (Phi) is 5.25. The Hall–Kier alpha value is -2.05. The Morgan fingerprint density at radius 3 is 2.77 bits per heavy atom. The molecular weight excluding hydrogens is 350 g/mol. The maximum Gasteiger partial charge on any atom is 0.326 e. The number of hydrogen-bond donors (Lipinski definition) is 0. The molecule has 0 aliphatic carbocycles. The van der Waals surface area contributed by atoms with Gasteiger partial charge in [0.2, 0.25) is 0 Å². The number of Topliss-reactive ketones (excluding diaryl/α,β-unsaturated/α-hetero) is 1. The minimum Gasteiger partial charge on any atom is -0.612 e. The number of esters is 1. The van der Waals surface area contributed by atoms with Crippen molar-refractivity contribution in [3.63, 3.8) is 0 Å². The van der Waals surface area contributed by atoms with E-state index in [-0.39, 0.29) is 18.3 Å². The van der Waals surface area contributed by atoms with Crippen LogP contribution in [0.4, 0.5) is 0 Å².